The Morgan fingerprint density at radius 1 is 1.22 bits per heavy atom. The smallest absolute Gasteiger partial charge is 0.153 e. The summed E-state index contributed by atoms with van der Waals surface area (Å²) in [6, 6.07) is 4.00. The normalized spacial score (nSPS) is 19.9. The van der Waals surface area contributed by atoms with Crippen LogP contribution in [0.4, 0.5) is 11.6 Å². The molecule has 3 heterocycles. The van der Waals surface area contributed by atoms with Gasteiger partial charge in [-0.05, 0) is 57.8 Å². The van der Waals surface area contributed by atoms with Crippen molar-refractivity contribution in [1.29, 1.82) is 0 Å². The molecule has 2 aliphatic rings. The molecule has 0 amide bonds. The standard InChI is InChI=1S/C17H24N6/c1-23-8-5-12(6-9-23)10-16-18-7-4-15(19-16)20-17-11-14(21-22-17)13-2-3-13/h4,7,11-13H,2-3,5-6,8-10H2,1H3,(H2,18,19,20,21,22). The van der Waals surface area contributed by atoms with Gasteiger partial charge in [0, 0.05) is 30.3 Å². The van der Waals surface area contributed by atoms with E-state index in [2.05, 4.69) is 43.5 Å². The van der Waals surface area contributed by atoms with Gasteiger partial charge in [-0.25, -0.2) is 9.97 Å². The first-order valence-electron chi connectivity index (χ1n) is 8.59. The maximum atomic E-state index is 4.66. The molecule has 1 aliphatic heterocycles. The first kappa shape index (κ1) is 14.6. The number of hydrogen-bond donors (Lipinski definition) is 2. The molecule has 6 heteroatoms. The van der Waals surface area contributed by atoms with Crippen molar-refractivity contribution in [3.8, 4) is 0 Å². The molecule has 1 saturated heterocycles. The van der Waals surface area contributed by atoms with Gasteiger partial charge in [0.2, 0.25) is 0 Å². The van der Waals surface area contributed by atoms with E-state index in [0.29, 0.717) is 11.8 Å². The number of hydrogen-bond acceptors (Lipinski definition) is 5. The molecule has 1 saturated carbocycles. The largest absolute Gasteiger partial charge is 0.323 e. The van der Waals surface area contributed by atoms with Crippen LogP contribution in [-0.4, -0.2) is 45.2 Å². The molecule has 1 aliphatic carbocycles. The van der Waals surface area contributed by atoms with Crippen LogP contribution in [0.1, 0.15) is 43.1 Å². The highest BCUT2D eigenvalue weighted by atomic mass is 15.2. The molecule has 0 radical (unpaired) electrons. The third-order valence-electron chi connectivity index (χ3n) is 4.89. The predicted molar refractivity (Wildman–Crippen MR) is 89.8 cm³/mol. The number of piperidine rings is 1. The van der Waals surface area contributed by atoms with E-state index in [1.54, 1.807) is 0 Å². The van der Waals surface area contributed by atoms with E-state index in [-0.39, 0.29) is 0 Å². The Hall–Kier alpha value is -1.95. The van der Waals surface area contributed by atoms with Crippen LogP contribution in [0, 0.1) is 5.92 Å². The molecular formula is C17H24N6. The Morgan fingerprint density at radius 3 is 2.83 bits per heavy atom. The Bertz CT molecular complexity index is 655. The van der Waals surface area contributed by atoms with Gasteiger partial charge in [-0.3, -0.25) is 5.10 Å². The van der Waals surface area contributed by atoms with E-state index < -0.39 is 0 Å². The quantitative estimate of drug-likeness (QED) is 0.888. The van der Waals surface area contributed by atoms with Gasteiger partial charge in [0.05, 0.1) is 0 Å². The highest BCUT2D eigenvalue weighted by Crippen LogP contribution is 2.39. The van der Waals surface area contributed by atoms with Crippen LogP contribution in [0.15, 0.2) is 18.3 Å². The summed E-state index contributed by atoms with van der Waals surface area (Å²) < 4.78 is 0. The lowest BCUT2D eigenvalue weighted by atomic mass is 9.93. The van der Waals surface area contributed by atoms with Gasteiger partial charge in [0.1, 0.15) is 11.6 Å². The lowest BCUT2D eigenvalue weighted by Gasteiger charge is -2.28. The van der Waals surface area contributed by atoms with Crippen molar-refractivity contribution in [2.24, 2.45) is 5.92 Å². The molecule has 23 heavy (non-hydrogen) atoms. The van der Waals surface area contributed by atoms with E-state index in [4.69, 9.17) is 0 Å². The topological polar surface area (TPSA) is 69.7 Å². The lowest BCUT2D eigenvalue weighted by Crippen LogP contribution is -2.31. The van der Waals surface area contributed by atoms with Gasteiger partial charge < -0.3 is 10.2 Å². The highest BCUT2D eigenvalue weighted by molar-refractivity contribution is 5.51. The summed E-state index contributed by atoms with van der Waals surface area (Å²) >= 11 is 0. The van der Waals surface area contributed by atoms with Gasteiger partial charge in [-0.2, -0.15) is 5.10 Å². The predicted octanol–water partition coefficient (Wildman–Crippen LogP) is 2.71. The second kappa shape index (κ2) is 6.28. The fraction of sp³-hybridized carbons (Fsp3) is 0.588. The van der Waals surface area contributed by atoms with Gasteiger partial charge in [0.25, 0.3) is 0 Å². The second-order valence-corrected chi connectivity index (χ2v) is 6.92. The fourth-order valence-electron chi connectivity index (χ4n) is 3.23. The zero-order chi connectivity index (χ0) is 15.6. The van der Waals surface area contributed by atoms with Crippen molar-refractivity contribution in [2.75, 3.05) is 25.5 Å². The minimum atomic E-state index is 0.684. The Morgan fingerprint density at radius 2 is 2.04 bits per heavy atom. The number of nitrogens with zero attached hydrogens (tertiary/aromatic N) is 4. The summed E-state index contributed by atoms with van der Waals surface area (Å²) in [6.07, 6.45) is 7.83. The van der Waals surface area contributed by atoms with Gasteiger partial charge in [0.15, 0.2) is 5.82 Å². The third kappa shape index (κ3) is 3.69. The van der Waals surface area contributed by atoms with Gasteiger partial charge >= 0.3 is 0 Å². The molecule has 2 aromatic heterocycles. The highest BCUT2D eigenvalue weighted by Gasteiger charge is 2.25. The maximum absolute atomic E-state index is 4.66. The second-order valence-electron chi connectivity index (χ2n) is 6.92. The number of likely N-dealkylation sites (tertiary alicyclic amines) is 1. The average Bonchev–Trinajstić information content (AvgIpc) is 3.30. The van der Waals surface area contributed by atoms with Crippen molar-refractivity contribution >= 4 is 11.6 Å². The SMILES string of the molecule is CN1CCC(Cc2nccc(Nc3cc(C4CC4)[nH]n3)n2)CC1. The maximum Gasteiger partial charge on any atom is 0.153 e. The van der Waals surface area contributed by atoms with Crippen molar-refractivity contribution in [1.82, 2.24) is 25.1 Å². The van der Waals surface area contributed by atoms with E-state index in [1.807, 2.05) is 12.3 Å². The van der Waals surface area contributed by atoms with Crippen LogP contribution in [0.5, 0.6) is 0 Å². The van der Waals surface area contributed by atoms with E-state index in [1.165, 1.54) is 44.5 Å². The Balaban J connectivity index is 1.39. The average molecular weight is 312 g/mol. The number of H-pyrrole nitrogens is 1. The Labute approximate surface area is 136 Å². The molecule has 0 aromatic carbocycles. The molecule has 0 unspecified atom stereocenters. The van der Waals surface area contributed by atoms with Crippen LogP contribution >= 0.6 is 0 Å². The van der Waals surface area contributed by atoms with Crippen molar-refractivity contribution in [3.63, 3.8) is 0 Å². The van der Waals surface area contributed by atoms with Crippen LogP contribution in [-0.2, 0) is 6.42 Å². The van der Waals surface area contributed by atoms with E-state index in [9.17, 15) is 0 Å². The number of aromatic amines is 1. The minimum absolute atomic E-state index is 0.684. The molecule has 0 atom stereocenters. The monoisotopic (exact) mass is 312 g/mol. The van der Waals surface area contributed by atoms with Crippen molar-refractivity contribution in [3.05, 3.63) is 29.8 Å². The third-order valence-corrected chi connectivity index (χ3v) is 4.89. The summed E-state index contributed by atoms with van der Waals surface area (Å²) in [5, 5.41) is 10.7. The zero-order valence-corrected chi connectivity index (χ0v) is 13.6. The summed E-state index contributed by atoms with van der Waals surface area (Å²) in [5.41, 5.74) is 1.23. The molecule has 6 nitrogen and oxygen atoms in total. The van der Waals surface area contributed by atoms with Crippen molar-refractivity contribution < 1.29 is 0 Å². The van der Waals surface area contributed by atoms with E-state index in [0.717, 1.165) is 23.9 Å². The summed E-state index contributed by atoms with van der Waals surface area (Å²) in [7, 11) is 2.19. The number of aromatic nitrogens is 4. The molecule has 2 fully saturated rings. The summed E-state index contributed by atoms with van der Waals surface area (Å²) in [6.45, 7) is 2.36. The van der Waals surface area contributed by atoms with Crippen LogP contribution < -0.4 is 5.32 Å². The zero-order valence-electron chi connectivity index (χ0n) is 13.6. The van der Waals surface area contributed by atoms with Gasteiger partial charge in [-0.1, -0.05) is 0 Å². The number of nitrogens with one attached hydrogen (secondary N) is 2. The lowest BCUT2D eigenvalue weighted by molar-refractivity contribution is 0.217. The molecular weight excluding hydrogens is 288 g/mol. The Kier molecular flexibility index (Phi) is 3.99. The molecule has 4 rings (SSSR count). The van der Waals surface area contributed by atoms with Gasteiger partial charge in [-0.15, -0.1) is 0 Å². The summed E-state index contributed by atoms with van der Waals surface area (Å²) in [5.74, 6) is 3.99. The molecule has 0 bridgehead atoms. The van der Waals surface area contributed by atoms with Crippen LogP contribution in [0.3, 0.4) is 0 Å². The molecule has 2 aromatic rings. The van der Waals surface area contributed by atoms with Crippen molar-refractivity contribution in [2.45, 2.75) is 38.0 Å². The first-order valence-corrected chi connectivity index (χ1v) is 8.59. The van der Waals surface area contributed by atoms with E-state index >= 15 is 0 Å². The molecule has 2 N–H and O–H groups in total. The molecule has 0 spiro atoms. The van der Waals surface area contributed by atoms with Crippen LogP contribution in [0.2, 0.25) is 0 Å². The number of rotatable bonds is 5. The summed E-state index contributed by atoms with van der Waals surface area (Å²) in [4.78, 5) is 11.5. The molecule has 122 valence electrons. The minimum Gasteiger partial charge on any atom is -0.323 e. The fourth-order valence-corrected chi connectivity index (χ4v) is 3.23. The first-order chi connectivity index (χ1) is 11.3. The van der Waals surface area contributed by atoms with Crippen LogP contribution in [0.25, 0.3) is 0 Å². The number of anilines is 2.